The summed E-state index contributed by atoms with van der Waals surface area (Å²) in [7, 11) is 0. The summed E-state index contributed by atoms with van der Waals surface area (Å²) in [5.41, 5.74) is 1.58. The minimum absolute atomic E-state index is 0.169. The van der Waals surface area contributed by atoms with Gasteiger partial charge in [0.15, 0.2) is 6.10 Å². The Kier molecular flexibility index (Phi) is 5.80. The second-order valence-electron chi connectivity index (χ2n) is 6.39. The number of pyridine rings is 1. The first-order valence-corrected chi connectivity index (χ1v) is 6.74. The fourth-order valence-electron chi connectivity index (χ4n) is 1.25. The van der Waals surface area contributed by atoms with E-state index in [9.17, 15) is 4.79 Å². The molecular weight excluding hydrogens is 256 g/mol. The van der Waals surface area contributed by atoms with Crippen LogP contribution in [-0.2, 0) is 4.74 Å². The van der Waals surface area contributed by atoms with Gasteiger partial charge in [-0.25, -0.2) is 9.78 Å². The first-order valence-electron chi connectivity index (χ1n) is 6.74. The van der Waals surface area contributed by atoms with Gasteiger partial charge in [-0.05, 0) is 17.9 Å². The second kappa shape index (κ2) is 7.12. The van der Waals surface area contributed by atoms with Crippen LogP contribution in [0, 0.1) is 12.3 Å². The maximum absolute atomic E-state index is 10.7. The first kappa shape index (κ1) is 16.3. The summed E-state index contributed by atoms with van der Waals surface area (Å²) < 4.78 is 10.3. The average Bonchev–Trinajstić information content (AvgIpc) is 2.33. The van der Waals surface area contributed by atoms with E-state index in [1.165, 1.54) is 0 Å². The molecular formula is C15H24N2O3. The van der Waals surface area contributed by atoms with Crippen LogP contribution in [0.5, 0.6) is 5.88 Å². The van der Waals surface area contributed by atoms with E-state index in [0.29, 0.717) is 17.8 Å². The van der Waals surface area contributed by atoms with Crippen LogP contribution in [0.3, 0.4) is 0 Å². The van der Waals surface area contributed by atoms with Crippen LogP contribution in [-0.4, -0.2) is 30.3 Å². The molecule has 0 saturated carbocycles. The standard InChI is InChI=1S/C10H12N2O3.C5H12/c1-7-2-3-9(11-4-7)15-8-5-12-10(13)14-6-8;1-5(2,3)4/h2-4,8H,5-6H2,1H3,(H,12,13);1-4H3. The molecule has 0 aliphatic carbocycles. The molecule has 1 N–H and O–H groups in total. The molecule has 5 nitrogen and oxygen atoms in total. The van der Waals surface area contributed by atoms with Crippen LogP contribution in [0.4, 0.5) is 4.79 Å². The first-order chi connectivity index (χ1) is 9.24. The topological polar surface area (TPSA) is 60.5 Å². The minimum atomic E-state index is -0.397. The van der Waals surface area contributed by atoms with E-state index in [2.05, 4.69) is 38.0 Å². The third-order valence-electron chi connectivity index (χ3n) is 2.05. The quantitative estimate of drug-likeness (QED) is 0.905. The van der Waals surface area contributed by atoms with Gasteiger partial charge in [0.2, 0.25) is 5.88 Å². The molecule has 1 aromatic heterocycles. The summed E-state index contributed by atoms with van der Waals surface area (Å²) in [6.45, 7) is 11.4. The molecule has 20 heavy (non-hydrogen) atoms. The monoisotopic (exact) mass is 280 g/mol. The highest BCUT2D eigenvalue weighted by molar-refractivity contribution is 5.67. The molecule has 5 heteroatoms. The summed E-state index contributed by atoms with van der Waals surface area (Å²) in [5, 5.41) is 2.55. The number of hydrogen-bond acceptors (Lipinski definition) is 4. The summed E-state index contributed by atoms with van der Waals surface area (Å²) in [6, 6.07) is 3.72. The van der Waals surface area contributed by atoms with Crippen LogP contribution in [0.1, 0.15) is 33.3 Å². The lowest BCUT2D eigenvalue weighted by Crippen LogP contribution is -2.45. The predicted octanol–water partition coefficient (Wildman–Crippen LogP) is 2.93. The SMILES string of the molecule is CC(C)(C)C.Cc1ccc(OC2CNC(=O)OC2)nc1. The molecule has 0 radical (unpaired) electrons. The second-order valence-corrected chi connectivity index (χ2v) is 6.39. The number of cyclic esters (lactones) is 1. The molecule has 0 aromatic carbocycles. The molecule has 1 saturated heterocycles. The van der Waals surface area contributed by atoms with Gasteiger partial charge in [0.25, 0.3) is 0 Å². The Labute approximate surface area is 120 Å². The van der Waals surface area contributed by atoms with Crippen LogP contribution < -0.4 is 10.1 Å². The summed E-state index contributed by atoms with van der Waals surface area (Å²) >= 11 is 0. The van der Waals surface area contributed by atoms with Gasteiger partial charge in [0, 0.05) is 12.3 Å². The van der Waals surface area contributed by atoms with Crippen molar-refractivity contribution in [2.75, 3.05) is 13.2 Å². The summed E-state index contributed by atoms with van der Waals surface area (Å²) in [6.07, 6.45) is 1.17. The van der Waals surface area contributed by atoms with Crippen molar-refractivity contribution < 1.29 is 14.3 Å². The third-order valence-corrected chi connectivity index (χ3v) is 2.05. The van der Waals surface area contributed by atoms with Crippen molar-refractivity contribution in [3.63, 3.8) is 0 Å². The van der Waals surface area contributed by atoms with Gasteiger partial charge >= 0.3 is 6.09 Å². The number of amides is 1. The molecule has 1 atom stereocenters. The van der Waals surface area contributed by atoms with Crippen LogP contribution in [0.25, 0.3) is 0 Å². The zero-order valence-electron chi connectivity index (χ0n) is 12.9. The highest BCUT2D eigenvalue weighted by atomic mass is 16.6. The van der Waals surface area contributed by atoms with Crippen molar-refractivity contribution in [3.05, 3.63) is 23.9 Å². The molecule has 0 bridgehead atoms. The number of ether oxygens (including phenoxy) is 2. The highest BCUT2D eigenvalue weighted by Gasteiger charge is 2.20. The average molecular weight is 280 g/mol. The Hall–Kier alpha value is -1.78. The number of rotatable bonds is 2. The van der Waals surface area contributed by atoms with Crippen molar-refractivity contribution in [3.8, 4) is 5.88 Å². The molecule has 1 aliphatic heterocycles. The molecule has 1 aliphatic rings. The van der Waals surface area contributed by atoms with Gasteiger partial charge < -0.3 is 14.8 Å². The van der Waals surface area contributed by atoms with E-state index in [4.69, 9.17) is 9.47 Å². The van der Waals surface area contributed by atoms with Crippen LogP contribution in [0.15, 0.2) is 18.3 Å². The van der Waals surface area contributed by atoms with Gasteiger partial charge in [-0.15, -0.1) is 0 Å². The Balaban J connectivity index is 0.000000347. The van der Waals surface area contributed by atoms with Crippen LogP contribution in [0.2, 0.25) is 0 Å². The molecule has 1 unspecified atom stereocenters. The fraction of sp³-hybridized carbons (Fsp3) is 0.600. The number of alkyl carbamates (subject to hydrolysis) is 1. The third kappa shape index (κ3) is 7.61. The number of carbonyl (C=O) groups is 1. The predicted molar refractivity (Wildman–Crippen MR) is 77.9 cm³/mol. The van der Waals surface area contributed by atoms with Crippen molar-refractivity contribution in [2.45, 2.75) is 40.7 Å². The number of aryl methyl sites for hydroxylation is 1. The highest BCUT2D eigenvalue weighted by Crippen LogP contribution is 2.10. The number of carbonyl (C=O) groups excluding carboxylic acids is 1. The number of aromatic nitrogens is 1. The van der Waals surface area contributed by atoms with Crippen molar-refractivity contribution in [1.82, 2.24) is 10.3 Å². The Morgan fingerprint density at radius 3 is 2.45 bits per heavy atom. The van der Waals surface area contributed by atoms with Gasteiger partial charge in [-0.2, -0.15) is 0 Å². The van der Waals surface area contributed by atoms with Crippen molar-refractivity contribution in [2.24, 2.45) is 5.41 Å². The van der Waals surface area contributed by atoms with E-state index in [1.807, 2.05) is 13.0 Å². The maximum Gasteiger partial charge on any atom is 0.407 e. The number of nitrogens with one attached hydrogen (secondary N) is 1. The maximum atomic E-state index is 10.7. The summed E-state index contributed by atoms with van der Waals surface area (Å²) in [5.74, 6) is 0.547. The molecule has 112 valence electrons. The van der Waals surface area contributed by atoms with E-state index >= 15 is 0 Å². The molecule has 2 rings (SSSR count). The smallest absolute Gasteiger partial charge is 0.407 e. The molecule has 2 heterocycles. The van der Waals surface area contributed by atoms with Gasteiger partial charge in [-0.1, -0.05) is 33.8 Å². The van der Waals surface area contributed by atoms with Crippen molar-refractivity contribution >= 4 is 6.09 Å². The Bertz CT molecular complexity index is 408. The van der Waals surface area contributed by atoms with E-state index in [0.717, 1.165) is 5.56 Å². The zero-order chi connectivity index (χ0) is 15.2. The van der Waals surface area contributed by atoms with Gasteiger partial charge in [0.1, 0.15) is 6.61 Å². The van der Waals surface area contributed by atoms with Crippen LogP contribution >= 0.6 is 0 Å². The Morgan fingerprint density at radius 2 is 2.00 bits per heavy atom. The zero-order valence-corrected chi connectivity index (χ0v) is 12.9. The lowest BCUT2D eigenvalue weighted by molar-refractivity contribution is 0.0540. The Morgan fingerprint density at radius 1 is 1.35 bits per heavy atom. The lowest BCUT2D eigenvalue weighted by atomic mass is 10.0. The summed E-state index contributed by atoms with van der Waals surface area (Å²) in [4.78, 5) is 14.8. The number of nitrogens with zero attached hydrogens (tertiary/aromatic N) is 1. The normalized spacial score (nSPS) is 18.2. The molecule has 1 amide bonds. The van der Waals surface area contributed by atoms with E-state index in [1.54, 1.807) is 12.3 Å². The lowest BCUT2D eigenvalue weighted by Gasteiger charge is -2.23. The van der Waals surface area contributed by atoms with Crippen molar-refractivity contribution in [1.29, 1.82) is 0 Å². The van der Waals surface area contributed by atoms with E-state index in [-0.39, 0.29) is 12.7 Å². The molecule has 0 spiro atoms. The number of hydrogen-bond donors (Lipinski definition) is 1. The minimum Gasteiger partial charge on any atom is -0.469 e. The largest absolute Gasteiger partial charge is 0.469 e. The van der Waals surface area contributed by atoms with E-state index < -0.39 is 6.09 Å². The molecule has 1 fully saturated rings. The fourth-order valence-corrected chi connectivity index (χ4v) is 1.25. The van der Waals surface area contributed by atoms with Gasteiger partial charge in [-0.3, -0.25) is 0 Å². The van der Waals surface area contributed by atoms with Gasteiger partial charge in [0.05, 0.1) is 6.54 Å². The molecule has 1 aromatic rings.